The number of hydrogen-bond donors (Lipinski definition) is 1. The van der Waals surface area contributed by atoms with E-state index in [2.05, 4.69) is 41.4 Å². The van der Waals surface area contributed by atoms with Crippen molar-refractivity contribution in [3.63, 3.8) is 0 Å². The molecule has 0 spiro atoms. The van der Waals surface area contributed by atoms with Crippen molar-refractivity contribution in [1.82, 2.24) is 15.2 Å². The van der Waals surface area contributed by atoms with Crippen molar-refractivity contribution in [1.29, 1.82) is 0 Å². The van der Waals surface area contributed by atoms with Crippen LogP contribution in [0.5, 0.6) is 0 Å². The average Bonchev–Trinajstić information content (AvgIpc) is 2.64. The van der Waals surface area contributed by atoms with Gasteiger partial charge in [0.05, 0.1) is 10.7 Å². The minimum absolute atomic E-state index is 0.633. The molecule has 0 aliphatic rings. The highest BCUT2D eigenvalue weighted by molar-refractivity contribution is 7.09. The van der Waals surface area contributed by atoms with E-state index in [0.29, 0.717) is 6.04 Å². The van der Waals surface area contributed by atoms with Gasteiger partial charge in [-0.25, -0.2) is 4.98 Å². The summed E-state index contributed by atoms with van der Waals surface area (Å²) in [5.74, 6) is 0. The van der Waals surface area contributed by atoms with Gasteiger partial charge in [0.1, 0.15) is 0 Å². The molecule has 0 atom stereocenters. The minimum Gasteiger partial charge on any atom is -0.310 e. The van der Waals surface area contributed by atoms with E-state index in [-0.39, 0.29) is 0 Å². The van der Waals surface area contributed by atoms with Crippen LogP contribution in [0.1, 0.15) is 31.5 Å². The Labute approximate surface area is 103 Å². The van der Waals surface area contributed by atoms with E-state index < -0.39 is 0 Å². The van der Waals surface area contributed by atoms with Crippen LogP contribution in [-0.4, -0.2) is 35.6 Å². The number of likely N-dealkylation sites (N-methyl/N-ethyl adjacent to an activating group) is 1. The molecule has 0 saturated heterocycles. The van der Waals surface area contributed by atoms with Crippen molar-refractivity contribution in [3.8, 4) is 0 Å². The summed E-state index contributed by atoms with van der Waals surface area (Å²) >= 11 is 1.72. The van der Waals surface area contributed by atoms with E-state index in [1.54, 1.807) is 11.3 Å². The van der Waals surface area contributed by atoms with Crippen LogP contribution in [0.2, 0.25) is 0 Å². The molecule has 1 aromatic rings. The van der Waals surface area contributed by atoms with E-state index in [4.69, 9.17) is 0 Å². The van der Waals surface area contributed by atoms with Crippen LogP contribution in [0.4, 0.5) is 0 Å². The monoisotopic (exact) mass is 241 g/mol. The zero-order valence-electron chi connectivity index (χ0n) is 10.8. The first-order valence-electron chi connectivity index (χ1n) is 5.99. The summed E-state index contributed by atoms with van der Waals surface area (Å²) in [4.78, 5) is 6.88. The van der Waals surface area contributed by atoms with E-state index in [1.165, 1.54) is 0 Å². The fraction of sp³-hybridized carbons (Fsp3) is 0.750. The molecule has 0 fully saturated rings. The largest absolute Gasteiger partial charge is 0.310 e. The van der Waals surface area contributed by atoms with Crippen molar-refractivity contribution >= 4 is 11.3 Å². The van der Waals surface area contributed by atoms with Gasteiger partial charge >= 0.3 is 0 Å². The van der Waals surface area contributed by atoms with Gasteiger partial charge in [0.15, 0.2) is 0 Å². The second kappa shape index (κ2) is 6.99. The molecule has 0 aromatic carbocycles. The van der Waals surface area contributed by atoms with Gasteiger partial charge in [0, 0.05) is 31.1 Å². The summed E-state index contributed by atoms with van der Waals surface area (Å²) in [6.45, 7) is 12.9. The van der Waals surface area contributed by atoms with Gasteiger partial charge in [-0.2, -0.15) is 0 Å². The average molecular weight is 241 g/mol. The summed E-state index contributed by atoms with van der Waals surface area (Å²) in [7, 11) is 0. The zero-order chi connectivity index (χ0) is 12.0. The Balaban J connectivity index is 2.16. The van der Waals surface area contributed by atoms with E-state index in [1.807, 2.05) is 6.92 Å². The number of nitrogens with one attached hydrogen (secondary N) is 1. The summed E-state index contributed by atoms with van der Waals surface area (Å²) < 4.78 is 0. The molecule has 3 nitrogen and oxygen atoms in total. The van der Waals surface area contributed by atoms with Gasteiger partial charge in [0.2, 0.25) is 0 Å². The number of aromatic nitrogens is 1. The zero-order valence-corrected chi connectivity index (χ0v) is 11.6. The molecule has 0 bridgehead atoms. The van der Waals surface area contributed by atoms with Gasteiger partial charge in [-0.3, -0.25) is 4.90 Å². The molecular weight excluding hydrogens is 218 g/mol. The molecule has 0 amide bonds. The lowest BCUT2D eigenvalue weighted by Crippen LogP contribution is -2.36. The molecule has 0 unspecified atom stereocenters. The predicted molar refractivity (Wildman–Crippen MR) is 70.9 cm³/mol. The van der Waals surface area contributed by atoms with Gasteiger partial charge in [-0.05, 0) is 27.3 Å². The van der Waals surface area contributed by atoms with Crippen LogP contribution in [0.15, 0.2) is 5.38 Å². The smallest absolute Gasteiger partial charge is 0.0897 e. The topological polar surface area (TPSA) is 28.2 Å². The summed E-state index contributed by atoms with van der Waals surface area (Å²) in [5, 5.41) is 6.71. The SMILES string of the molecule is CCN(CCNCc1csc(C)n1)C(C)C. The maximum Gasteiger partial charge on any atom is 0.0897 e. The Morgan fingerprint density at radius 2 is 2.25 bits per heavy atom. The van der Waals surface area contributed by atoms with Crippen LogP contribution >= 0.6 is 11.3 Å². The van der Waals surface area contributed by atoms with Crippen molar-refractivity contribution in [2.75, 3.05) is 19.6 Å². The Hall–Kier alpha value is -0.450. The second-order valence-electron chi connectivity index (χ2n) is 4.26. The standard InChI is InChI=1S/C12H23N3S/c1-5-15(10(2)3)7-6-13-8-12-9-16-11(4)14-12/h9-10,13H,5-8H2,1-4H3. The van der Waals surface area contributed by atoms with Gasteiger partial charge in [-0.1, -0.05) is 6.92 Å². The number of rotatable bonds is 7. The van der Waals surface area contributed by atoms with E-state index in [9.17, 15) is 0 Å². The Kier molecular flexibility index (Phi) is 5.95. The lowest BCUT2D eigenvalue weighted by molar-refractivity contribution is 0.233. The molecule has 0 saturated carbocycles. The molecule has 1 heterocycles. The highest BCUT2D eigenvalue weighted by Crippen LogP contribution is 2.07. The van der Waals surface area contributed by atoms with Crippen LogP contribution in [0.25, 0.3) is 0 Å². The molecule has 16 heavy (non-hydrogen) atoms. The summed E-state index contributed by atoms with van der Waals surface area (Å²) in [6, 6.07) is 0.633. The highest BCUT2D eigenvalue weighted by Gasteiger charge is 2.05. The molecule has 0 radical (unpaired) electrons. The lowest BCUT2D eigenvalue weighted by Gasteiger charge is -2.24. The van der Waals surface area contributed by atoms with Crippen LogP contribution in [0.3, 0.4) is 0 Å². The molecule has 1 rings (SSSR count). The normalized spacial score (nSPS) is 11.6. The van der Waals surface area contributed by atoms with Crippen molar-refractivity contribution in [3.05, 3.63) is 16.1 Å². The van der Waals surface area contributed by atoms with Crippen molar-refractivity contribution in [2.45, 2.75) is 40.3 Å². The Morgan fingerprint density at radius 1 is 1.50 bits per heavy atom. The first kappa shape index (κ1) is 13.6. The van der Waals surface area contributed by atoms with Crippen LogP contribution < -0.4 is 5.32 Å². The molecule has 92 valence electrons. The van der Waals surface area contributed by atoms with Crippen molar-refractivity contribution < 1.29 is 0 Å². The Bertz CT molecular complexity index is 296. The number of thiazole rings is 1. The number of nitrogens with zero attached hydrogens (tertiary/aromatic N) is 2. The molecule has 0 aliphatic carbocycles. The summed E-state index contributed by atoms with van der Waals surface area (Å²) in [6.07, 6.45) is 0. The summed E-state index contributed by atoms with van der Waals surface area (Å²) in [5.41, 5.74) is 1.16. The fourth-order valence-electron chi connectivity index (χ4n) is 1.71. The maximum atomic E-state index is 4.43. The second-order valence-corrected chi connectivity index (χ2v) is 5.32. The van der Waals surface area contributed by atoms with Gasteiger partial charge < -0.3 is 5.32 Å². The van der Waals surface area contributed by atoms with Crippen LogP contribution in [0, 0.1) is 6.92 Å². The third-order valence-corrected chi connectivity index (χ3v) is 3.51. The van der Waals surface area contributed by atoms with Crippen LogP contribution in [-0.2, 0) is 6.54 Å². The minimum atomic E-state index is 0.633. The van der Waals surface area contributed by atoms with E-state index in [0.717, 1.165) is 36.9 Å². The maximum absolute atomic E-state index is 4.43. The Morgan fingerprint density at radius 3 is 2.75 bits per heavy atom. The molecule has 4 heteroatoms. The molecule has 1 aromatic heterocycles. The molecule has 0 aliphatic heterocycles. The third kappa shape index (κ3) is 4.60. The predicted octanol–water partition coefficient (Wildman–Crippen LogP) is 2.27. The molecule has 1 N–H and O–H groups in total. The molecular formula is C12H23N3S. The quantitative estimate of drug-likeness (QED) is 0.742. The first-order chi connectivity index (χ1) is 7.63. The highest BCUT2D eigenvalue weighted by atomic mass is 32.1. The number of hydrogen-bond acceptors (Lipinski definition) is 4. The van der Waals surface area contributed by atoms with E-state index >= 15 is 0 Å². The van der Waals surface area contributed by atoms with Gasteiger partial charge in [-0.15, -0.1) is 11.3 Å². The number of aryl methyl sites for hydroxylation is 1. The fourth-order valence-corrected chi connectivity index (χ4v) is 2.32. The third-order valence-electron chi connectivity index (χ3n) is 2.68. The van der Waals surface area contributed by atoms with Gasteiger partial charge in [0.25, 0.3) is 0 Å². The van der Waals surface area contributed by atoms with Crippen molar-refractivity contribution in [2.24, 2.45) is 0 Å². The first-order valence-corrected chi connectivity index (χ1v) is 6.87. The lowest BCUT2D eigenvalue weighted by atomic mass is 10.3.